The Morgan fingerprint density at radius 3 is 2.24 bits per heavy atom. The van der Waals surface area contributed by atoms with E-state index in [1.807, 2.05) is 48.5 Å². The number of urea groups is 1. The molecule has 1 fully saturated rings. The summed E-state index contributed by atoms with van der Waals surface area (Å²) in [4.78, 5) is 28.1. The first-order valence-electron chi connectivity index (χ1n) is 11.3. The lowest BCUT2D eigenvalue weighted by Gasteiger charge is -2.37. The largest absolute Gasteiger partial charge is 0.497 e. The van der Waals surface area contributed by atoms with Gasteiger partial charge in [0.1, 0.15) is 11.5 Å². The molecule has 0 saturated carbocycles. The molecular weight excluding hydrogens is 430 g/mol. The third-order valence-electron chi connectivity index (χ3n) is 6.06. The van der Waals surface area contributed by atoms with Crippen molar-refractivity contribution in [2.45, 2.75) is 12.3 Å². The minimum Gasteiger partial charge on any atom is -0.497 e. The number of carbonyl (C=O) groups excluding carboxylic acids is 2. The van der Waals surface area contributed by atoms with Crippen molar-refractivity contribution in [3.63, 3.8) is 0 Å². The average Bonchev–Trinajstić information content (AvgIpc) is 2.89. The van der Waals surface area contributed by atoms with Crippen LogP contribution in [0.15, 0.2) is 78.9 Å². The molecule has 0 bridgehead atoms. The van der Waals surface area contributed by atoms with Gasteiger partial charge in [-0.05, 0) is 48.4 Å². The molecule has 1 saturated heterocycles. The van der Waals surface area contributed by atoms with Crippen molar-refractivity contribution in [1.82, 2.24) is 4.90 Å². The van der Waals surface area contributed by atoms with E-state index in [9.17, 15) is 9.59 Å². The van der Waals surface area contributed by atoms with Crippen molar-refractivity contribution in [1.29, 1.82) is 0 Å². The molecule has 2 N–H and O–H groups in total. The first-order chi connectivity index (χ1) is 16.6. The van der Waals surface area contributed by atoms with Gasteiger partial charge in [0.05, 0.1) is 20.1 Å². The van der Waals surface area contributed by atoms with Gasteiger partial charge in [-0.15, -0.1) is 0 Å². The molecular formula is C27H29N3O4. The summed E-state index contributed by atoms with van der Waals surface area (Å²) in [6.45, 7) is 0.871. The van der Waals surface area contributed by atoms with Crippen molar-refractivity contribution in [3.05, 3.63) is 84.4 Å². The zero-order valence-electron chi connectivity index (χ0n) is 19.4. The lowest BCUT2D eigenvalue weighted by atomic mass is 9.84. The topological polar surface area (TPSA) is 79.9 Å². The first-order valence-corrected chi connectivity index (χ1v) is 11.3. The van der Waals surface area contributed by atoms with E-state index >= 15 is 0 Å². The third-order valence-corrected chi connectivity index (χ3v) is 6.06. The van der Waals surface area contributed by atoms with Crippen molar-refractivity contribution in [3.8, 4) is 11.5 Å². The second-order valence-corrected chi connectivity index (χ2v) is 8.33. The van der Waals surface area contributed by atoms with Crippen LogP contribution >= 0.6 is 0 Å². The van der Waals surface area contributed by atoms with Gasteiger partial charge >= 0.3 is 6.03 Å². The Hall–Kier alpha value is -4.00. The number of piperidine rings is 1. The highest BCUT2D eigenvalue weighted by atomic mass is 16.5. The molecule has 7 nitrogen and oxygen atoms in total. The quantitative estimate of drug-likeness (QED) is 0.545. The van der Waals surface area contributed by atoms with E-state index in [1.165, 1.54) is 0 Å². The number of benzene rings is 3. The van der Waals surface area contributed by atoms with Crippen LogP contribution in [0.1, 0.15) is 17.9 Å². The SMILES string of the molecule is COc1ccc(NC(=O)N2C[C@H](C(=O)Nc3cccc(OC)c3)C[C@H](c3ccccc3)C2)cc1. The summed E-state index contributed by atoms with van der Waals surface area (Å²) in [6.07, 6.45) is 0.659. The molecule has 1 heterocycles. The van der Waals surface area contributed by atoms with Gasteiger partial charge in [-0.3, -0.25) is 4.79 Å². The van der Waals surface area contributed by atoms with Gasteiger partial charge in [-0.2, -0.15) is 0 Å². The monoisotopic (exact) mass is 459 g/mol. The fourth-order valence-corrected chi connectivity index (χ4v) is 4.24. The maximum Gasteiger partial charge on any atom is 0.321 e. The number of carbonyl (C=O) groups is 2. The van der Waals surface area contributed by atoms with Gasteiger partial charge in [-0.1, -0.05) is 36.4 Å². The number of ether oxygens (including phenoxy) is 2. The molecule has 34 heavy (non-hydrogen) atoms. The van der Waals surface area contributed by atoms with Crippen molar-refractivity contribution < 1.29 is 19.1 Å². The van der Waals surface area contributed by atoms with Gasteiger partial charge in [0.2, 0.25) is 5.91 Å². The fraction of sp³-hybridized carbons (Fsp3) is 0.259. The summed E-state index contributed by atoms with van der Waals surface area (Å²) in [5.74, 6) is 0.971. The molecule has 1 aliphatic rings. The van der Waals surface area contributed by atoms with Crippen LogP contribution in [0.3, 0.4) is 0 Å². The van der Waals surface area contributed by atoms with Crippen molar-refractivity contribution in [2.75, 3.05) is 37.9 Å². The van der Waals surface area contributed by atoms with Gasteiger partial charge in [0.15, 0.2) is 0 Å². The second kappa shape index (κ2) is 10.7. The molecule has 176 valence electrons. The molecule has 0 unspecified atom stereocenters. The van der Waals surface area contributed by atoms with E-state index in [4.69, 9.17) is 9.47 Å². The number of hydrogen-bond donors (Lipinski definition) is 2. The number of methoxy groups -OCH3 is 2. The molecule has 0 aliphatic carbocycles. The Morgan fingerprint density at radius 2 is 1.53 bits per heavy atom. The van der Waals surface area contributed by atoms with Gasteiger partial charge < -0.3 is 25.0 Å². The predicted octanol–water partition coefficient (Wildman–Crippen LogP) is 4.98. The Balaban J connectivity index is 1.51. The van der Waals surface area contributed by atoms with Gasteiger partial charge in [-0.25, -0.2) is 4.79 Å². The number of likely N-dealkylation sites (tertiary alicyclic amines) is 1. The highest BCUT2D eigenvalue weighted by Crippen LogP contribution is 2.32. The van der Waals surface area contributed by atoms with Crippen LogP contribution in [0, 0.1) is 5.92 Å². The van der Waals surface area contributed by atoms with Crippen molar-refractivity contribution >= 4 is 23.3 Å². The second-order valence-electron chi connectivity index (χ2n) is 8.33. The summed E-state index contributed by atoms with van der Waals surface area (Å²) in [5.41, 5.74) is 2.45. The summed E-state index contributed by atoms with van der Waals surface area (Å²) >= 11 is 0. The molecule has 4 rings (SSSR count). The van der Waals surface area contributed by atoms with E-state index in [1.54, 1.807) is 49.5 Å². The van der Waals surface area contributed by atoms with Gasteiger partial charge in [0.25, 0.3) is 0 Å². The van der Waals surface area contributed by atoms with E-state index in [-0.39, 0.29) is 23.8 Å². The lowest BCUT2D eigenvalue weighted by Crippen LogP contribution is -2.48. The van der Waals surface area contributed by atoms with Crippen LogP contribution in [0.5, 0.6) is 11.5 Å². The summed E-state index contributed by atoms with van der Waals surface area (Å²) in [5, 5.41) is 5.93. The van der Waals surface area contributed by atoms with E-state index < -0.39 is 0 Å². The Labute approximate surface area is 199 Å². The predicted molar refractivity (Wildman–Crippen MR) is 132 cm³/mol. The van der Waals surface area contributed by atoms with Crippen molar-refractivity contribution in [2.24, 2.45) is 5.92 Å². The van der Waals surface area contributed by atoms with E-state index in [0.717, 1.165) is 11.3 Å². The van der Waals surface area contributed by atoms with Crippen LogP contribution in [0.25, 0.3) is 0 Å². The Bertz CT molecular complexity index is 1120. The molecule has 0 radical (unpaired) electrons. The van der Waals surface area contributed by atoms with Gasteiger partial charge in [0, 0.05) is 36.4 Å². The molecule has 3 amide bonds. The summed E-state index contributed by atoms with van der Waals surface area (Å²) in [6, 6.07) is 24.2. The first kappa shape index (κ1) is 23.2. The number of anilines is 2. The Morgan fingerprint density at radius 1 is 0.794 bits per heavy atom. The third kappa shape index (κ3) is 5.67. The number of hydrogen-bond acceptors (Lipinski definition) is 4. The van der Waals surface area contributed by atoms with Crippen LogP contribution in [0.2, 0.25) is 0 Å². The summed E-state index contributed by atoms with van der Waals surface area (Å²) < 4.78 is 10.4. The van der Waals surface area contributed by atoms with E-state index in [2.05, 4.69) is 10.6 Å². The standard InChI is InChI=1S/C27H29N3O4/c1-33-24-13-11-22(12-14-24)29-27(32)30-17-20(19-7-4-3-5-8-19)15-21(18-30)26(31)28-23-9-6-10-25(16-23)34-2/h3-14,16,20-21H,15,17-18H2,1-2H3,(H,28,31)(H,29,32)/t20-,21+/m0/s1. The highest BCUT2D eigenvalue weighted by Gasteiger charge is 2.34. The maximum absolute atomic E-state index is 13.2. The molecule has 7 heteroatoms. The molecule has 0 aromatic heterocycles. The molecule has 3 aromatic carbocycles. The number of amides is 3. The minimum atomic E-state index is -0.355. The normalized spacial score (nSPS) is 17.5. The maximum atomic E-state index is 13.2. The molecule has 0 spiro atoms. The summed E-state index contributed by atoms with van der Waals surface area (Å²) in [7, 11) is 3.19. The highest BCUT2D eigenvalue weighted by molar-refractivity contribution is 5.94. The number of nitrogens with one attached hydrogen (secondary N) is 2. The van der Waals surface area contributed by atoms with Crippen LogP contribution in [0.4, 0.5) is 16.2 Å². The Kier molecular flexibility index (Phi) is 7.32. The van der Waals surface area contributed by atoms with Crippen LogP contribution in [-0.2, 0) is 4.79 Å². The molecule has 3 aromatic rings. The zero-order valence-corrected chi connectivity index (χ0v) is 19.4. The zero-order chi connectivity index (χ0) is 23.9. The molecule has 1 aliphatic heterocycles. The minimum absolute atomic E-state index is 0.0534. The molecule has 2 atom stereocenters. The number of rotatable bonds is 6. The van der Waals surface area contributed by atoms with Crippen LogP contribution in [-0.4, -0.2) is 44.1 Å². The van der Waals surface area contributed by atoms with E-state index in [0.29, 0.717) is 36.6 Å². The fourth-order valence-electron chi connectivity index (χ4n) is 4.24. The lowest BCUT2D eigenvalue weighted by molar-refractivity contribution is -0.121. The average molecular weight is 460 g/mol. The smallest absolute Gasteiger partial charge is 0.321 e. The van der Waals surface area contributed by atoms with Crippen LogP contribution < -0.4 is 20.1 Å². The number of nitrogens with zero attached hydrogens (tertiary/aromatic N) is 1.